The highest BCUT2D eigenvalue weighted by molar-refractivity contribution is 6.30. The summed E-state index contributed by atoms with van der Waals surface area (Å²) in [6.07, 6.45) is 0.691. The fourth-order valence-electron chi connectivity index (χ4n) is 1.52. The standard InChI is InChI=1S/C12H15ClN2O/c1-4-11(15(3)14-2)12(16)9-5-7-10(13)8-6-9/h5-8,11H,2,4H2,1,3H3. The van der Waals surface area contributed by atoms with Gasteiger partial charge in [0, 0.05) is 24.4 Å². The van der Waals surface area contributed by atoms with Crippen molar-refractivity contribution in [3.63, 3.8) is 0 Å². The molecule has 1 atom stereocenters. The Bertz CT molecular complexity index is 375. The average molecular weight is 239 g/mol. The molecular formula is C12H15ClN2O. The summed E-state index contributed by atoms with van der Waals surface area (Å²) < 4.78 is 0. The van der Waals surface area contributed by atoms with Crippen LogP contribution in [0.5, 0.6) is 0 Å². The van der Waals surface area contributed by atoms with Crippen LogP contribution in [0.1, 0.15) is 23.7 Å². The Morgan fingerprint density at radius 2 is 2.06 bits per heavy atom. The molecule has 0 bridgehead atoms. The molecule has 0 heterocycles. The Hall–Kier alpha value is -1.35. The largest absolute Gasteiger partial charge is 0.292 e. The molecule has 0 aliphatic heterocycles. The molecule has 0 aliphatic carbocycles. The Kier molecular flexibility index (Phi) is 4.50. The van der Waals surface area contributed by atoms with Crippen molar-refractivity contribution < 1.29 is 4.79 Å². The van der Waals surface area contributed by atoms with E-state index >= 15 is 0 Å². The van der Waals surface area contributed by atoms with Gasteiger partial charge in [-0.15, -0.1) is 0 Å². The van der Waals surface area contributed by atoms with Crippen LogP contribution in [-0.4, -0.2) is 30.6 Å². The molecule has 0 aliphatic rings. The molecule has 1 rings (SSSR count). The summed E-state index contributed by atoms with van der Waals surface area (Å²) in [5.74, 6) is 0.0362. The molecule has 0 aromatic heterocycles. The van der Waals surface area contributed by atoms with E-state index in [1.807, 2.05) is 6.92 Å². The zero-order valence-corrected chi connectivity index (χ0v) is 10.2. The molecule has 0 fully saturated rings. The van der Waals surface area contributed by atoms with Gasteiger partial charge >= 0.3 is 0 Å². The Morgan fingerprint density at radius 3 is 2.50 bits per heavy atom. The van der Waals surface area contributed by atoms with Crippen LogP contribution >= 0.6 is 11.6 Å². The molecule has 16 heavy (non-hydrogen) atoms. The van der Waals surface area contributed by atoms with Gasteiger partial charge in [0.1, 0.15) is 6.04 Å². The van der Waals surface area contributed by atoms with Crippen molar-refractivity contribution in [2.45, 2.75) is 19.4 Å². The van der Waals surface area contributed by atoms with Gasteiger partial charge < -0.3 is 0 Å². The minimum absolute atomic E-state index is 0.0362. The first-order chi connectivity index (χ1) is 7.60. The van der Waals surface area contributed by atoms with Crippen LogP contribution in [0.4, 0.5) is 0 Å². The van der Waals surface area contributed by atoms with Crippen LogP contribution in [0.25, 0.3) is 0 Å². The monoisotopic (exact) mass is 238 g/mol. The Balaban J connectivity index is 2.91. The lowest BCUT2D eigenvalue weighted by Crippen LogP contribution is -2.34. The van der Waals surface area contributed by atoms with Crippen molar-refractivity contribution >= 4 is 24.1 Å². The van der Waals surface area contributed by atoms with Crippen molar-refractivity contribution in [2.24, 2.45) is 5.10 Å². The Morgan fingerprint density at radius 1 is 1.50 bits per heavy atom. The van der Waals surface area contributed by atoms with E-state index in [4.69, 9.17) is 11.6 Å². The number of carbonyl (C=O) groups excluding carboxylic acids is 1. The maximum absolute atomic E-state index is 12.1. The maximum Gasteiger partial charge on any atom is 0.186 e. The average Bonchev–Trinajstić information content (AvgIpc) is 2.30. The van der Waals surface area contributed by atoms with E-state index in [9.17, 15) is 4.79 Å². The van der Waals surface area contributed by atoms with Gasteiger partial charge in [0.15, 0.2) is 5.78 Å². The fraction of sp³-hybridized carbons (Fsp3) is 0.333. The van der Waals surface area contributed by atoms with Gasteiger partial charge in [-0.2, -0.15) is 5.10 Å². The number of rotatable bonds is 5. The third-order valence-electron chi connectivity index (χ3n) is 2.49. The van der Waals surface area contributed by atoms with Crippen molar-refractivity contribution in [1.82, 2.24) is 5.01 Å². The second kappa shape index (κ2) is 5.66. The minimum Gasteiger partial charge on any atom is -0.292 e. The van der Waals surface area contributed by atoms with E-state index in [2.05, 4.69) is 11.8 Å². The van der Waals surface area contributed by atoms with Crippen molar-refractivity contribution in [3.8, 4) is 0 Å². The van der Waals surface area contributed by atoms with E-state index in [0.29, 0.717) is 17.0 Å². The minimum atomic E-state index is -0.265. The molecule has 0 amide bonds. The molecule has 1 unspecified atom stereocenters. The molecule has 0 saturated carbocycles. The molecule has 86 valence electrons. The number of hydrazone groups is 1. The van der Waals surface area contributed by atoms with Crippen molar-refractivity contribution in [2.75, 3.05) is 7.05 Å². The molecular weight excluding hydrogens is 224 g/mol. The lowest BCUT2D eigenvalue weighted by molar-refractivity contribution is 0.0851. The summed E-state index contributed by atoms with van der Waals surface area (Å²) in [7, 11) is 1.75. The summed E-state index contributed by atoms with van der Waals surface area (Å²) in [5.41, 5.74) is 0.645. The molecule has 4 heteroatoms. The Labute approximate surface area is 101 Å². The van der Waals surface area contributed by atoms with Crippen LogP contribution in [0.3, 0.4) is 0 Å². The molecule has 0 spiro atoms. The summed E-state index contributed by atoms with van der Waals surface area (Å²) >= 11 is 5.77. The number of benzene rings is 1. The first-order valence-corrected chi connectivity index (χ1v) is 5.47. The topological polar surface area (TPSA) is 32.7 Å². The maximum atomic E-state index is 12.1. The van der Waals surface area contributed by atoms with Crippen LogP contribution in [0.15, 0.2) is 29.4 Å². The van der Waals surface area contributed by atoms with Crippen molar-refractivity contribution in [1.29, 1.82) is 0 Å². The van der Waals surface area contributed by atoms with Gasteiger partial charge in [-0.3, -0.25) is 9.80 Å². The molecule has 0 N–H and O–H groups in total. The zero-order valence-electron chi connectivity index (χ0n) is 9.48. The smallest absolute Gasteiger partial charge is 0.186 e. The number of hydrogen-bond donors (Lipinski definition) is 0. The van der Waals surface area contributed by atoms with Crippen LogP contribution in [0.2, 0.25) is 5.02 Å². The summed E-state index contributed by atoms with van der Waals surface area (Å²) in [6.45, 7) is 5.37. The SMILES string of the molecule is C=NN(C)C(CC)C(=O)c1ccc(Cl)cc1. The number of nitrogens with zero attached hydrogens (tertiary/aromatic N) is 2. The van der Waals surface area contributed by atoms with E-state index in [1.54, 1.807) is 36.3 Å². The number of hydrogen-bond acceptors (Lipinski definition) is 3. The first kappa shape index (κ1) is 12.7. The van der Waals surface area contributed by atoms with E-state index < -0.39 is 0 Å². The van der Waals surface area contributed by atoms with Crippen LogP contribution in [-0.2, 0) is 0 Å². The number of likely N-dealkylation sites (N-methyl/N-ethyl adjacent to an activating group) is 1. The lowest BCUT2D eigenvalue weighted by atomic mass is 10.0. The number of ketones is 1. The summed E-state index contributed by atoms with van der Waals surface area (Å²) in [6, 6.07) is 6.61. The van der Waals surface area contributed by atoms with E-state index in [1.165, 1.54) is 0 Å². The molecule has 3 nitrogen and oxygen atoms in total. The quantitative estimate of drug-likeness (QED) is 0.449. The normalized spacial score (nSPS) is 11.9. The van der Waals surface area contributed by atoms with Gasteiger partial charge in [-0.1, -0.05) is 18.5 Å². The molecule has 1 aromatic carbocycles. The third-order valence-corrected chi connectivity index (χ3v) is 2.74. The number of carbonyl (C=O) groups is 1. The van der Waals surface area contributed by atoms with Gasteiger partial charge in [-0.25, -0.2) is 0 Å². The highest BCUT2D eigenvalue weighted by Crippen LogP contribution is 2.14. The summed E-state index contributed by atoms with van der Waals surface area (Å²) in [5, 5.41) is 5.97. The van der Waals surface area contributed by atoms with E-state index in [-0.39, 0.29) is 11.8 Å². The van der Waals surface area contributed by atoms with Gasteiger partial charge in [0.25, 0.3) is 0 Å². The number of Topliss-reactive ketones (excluding diaryl/α,β-unsaturated/α-hetero) is 1. The molecule has 0 saturated heterocycles. The fourth-order valence-corrected chi connectivity index (χ4v) is 1.65. The van der Waals surface area contributed by atoms with Gasteiger partial charge in [0.2, 0.25) is 0 Å². The highest BCUT2D eigenvalue weighted by Gasteiger charge is 2.21. The number of halogens is 1. The lowest BCUT2D eigenvalue weighted by Gasteiger charge is -2.22. The molecule has 1 aromatic rings. The van der Waals surface area contributed by atoms with E-state index in [0.717, 1.165) is 0 Å². The predicted molar refractivity (Wildman–Crippen MR) is 67.2 cm³/mol. The predicted octanol–water partition coefficient (Wildman–Crippen LogP) is 2.85. The second-order valence-electron chi connectivity index (χ2n) is 3.51. The summed E-state index contributed by atoms with van der Waals surface area (Å²) in [4.78, 5) is 12.1. The second-order valence-corrected chi connectivity index (χ2v) is 3.95. The van der Waals surface area contributed by atoms with Crippen LogP contribution in [0, 0.1) is 0 Å². The highest BCUT2D eigenvalue weighted by atomic mass is 35.5. The zero-order chi connectivity index (χ0) is 12.1. The van der Waals surface area contributed by atoms with Crippen molar-refractivity contribution in [3.05, 3.63) is 34.9 Å². The first-order valence-electron chi connectivity index (χ1n) is 5.09. The molecule has 0 radical (unpaired) electrons. The third kappa shape index (κ3) is 2.83. The van der Waals surface area contributed by atoms with Gasteiger partial charge in [0.05, 0.1) is 0 Å². The van der Waals surface area contributed by atoms with Gasteiger partial charge in [-0.05, 0) is 30.7 Å². The van der Waals surface area contributed by atoms with Crippen LogP contribution < -0.4 is 0 Å².